The molecule has 3 aromatic rings. The van der Waals surface area contributed by atoms with Gasteiger partial charge in [-0.05, 0) is 19.8 Å². The van der Waals surface area contributed by atoms with Gasteiger partial charge in [0.15, 0.2) is 0 Å². The van der Waals surface area contributed by atoms with Gasteiger partial charge in [0.2, 0.25) is 0 Å². The minimum Gasteiger partial charge on any atom is -0.360 e. The summed E-state index contributed by atoms with van der Waals surface area (Å²) in [5, 5.41) is 4.14. The highest BCUT2D eigenvalue weighted by Gasteiger charge is 2.36. The maximum atomic E-state index is 13.3. The molecular weight excluding hydrogens is 316 g/mol. The summed E-state index contributed by atoms with van der Waals surface area (Å²) in [5.41, 5.74) is 2.04. The number of amides is 1. The number of rotatable bonds is 5. The number of aryl methyl sites for hydroxylation is 2. The Morgan fingerprint density at radius 2 is 2.08 bits per heavy atom. The van der Waals surface area contributed by atoms with Gasteiger partial charge < -0.3 is 14.0 Å². The lowest BCUT2D eigenvalue weighted by Gasteiger charge is -2.22. The lowest BCUT2D eigenvalue weighted by Crippen LogP contribution is -2.34. The fourth-order valence-electron chi connectivity index (χ4n) is 3.01. The number of nitrogens with zero attached hydrogens (tertiary/aromatic N) is 4. The summed E-state index contributed by atoms with van der Waals surface area (Å²) in [6.45, 7) is 2.28. The summed E-state index contributed by atoms with van der Waals surface area (Å²) < 4.78 is 7.31. The number of hydrogen-bond acceptors (Lipinski definition) is 4. The minimum atomic E-state index is -0.0388. The number of carbonyl (C=O) groups excluding carboxylic acids is 1. The molecule has 0 bridgehead atoms. The number of benzene rings is 1. The molecule has 0 aliphatic heterocycles. The van der Waals surface area contributed by atoms with Crippen LogP contribution in [0.5, 0.6) is 0 Å². The van der Waals surface area contributed by atoms with Crippen molar-refractivity contribution in [3.05, 3.63) is 59.9 Å². The number of aromatic nitrogens is 3. The van der Waals surface area contributed by atoms with Gasteiger partial charge in [-0.1, -0.05) is 35.5 Å². The minimum absolute atomic E-state index is 0.0388. The molecule has 1 amide bonds. The van der Waals surface area contributed by atoms with Gasteiger partial charge in [0.1, 0.15) is 22.8 Å². The van der Waals surface area contributed by atoms with E-state index in [2.05, 4.69) is 10.1 Å². The Hall–Kier alpha value is -2.89. The summed E-state index contributed by atoms with van der Waals surface area (Å²) in [6, 6.07) is 9.94. The fourth-order valence-corrected chi connectivity index (χ4v) is 3.01. The van der Waals surface area contributed by atoms with Gasteiger partial charge in [0.25, 0.3) is 5.91 Å². The molecule has 1 aliphatic rings. The van der Waals surface area contributed by atoms with E-state index in [1.807, 2.05) is 53.0 Å². The average Bonchev–Trinajstić information content (AvgIpc) is 3.28. The van der Waals surface area contributed by atoms with Gasteiger partial charge in [-0.2, -0.15) is 0 Å². The molecule has 1 aliphatic carbocycles. The third-order valence-electron chi connectivity index (χ3n) is 4.61. The Balaban J connectivity index is 1.70. The lowest BCUT2D eigenvalue weighted by molar-refractivity contribution is 0.0723. The van der Waals surface area contributed by atoms with Gasteiger partial charge >= 0.3 is 0 Å². The molecule has 1 fully saturated rings. The van der Waals surface area contributed by atoms with E-state index >= 15 is 0 Å². The molecule has 25 heavy (non-hydrogen) atoms. The van der Waals surface area contributed by atoms with Crippen molar-refractivity contribution < 1.29 is 9.32 Å². The van der Waals surface area contributed by atoms with Crippen molar-refractivity contribution >= 4 is 5.91 Å². The van der Waals surface area contributed by atoms with Crippen LogP contribution < -0.4 is 0 Å². The highest BCUT2D eigenvalue weighted by molar-refractivity contribution is 6.01. The van der Waals surface area contributed by atoms with Crippen molar-refractivity contribution in [3.63, 3.8) is 0 Å². The van der Waals surface area contributed by atoms with Crippen LogP contribution in [0.1, 0.15) is 34.8 Å². The molecule has 0 unspecified atom stereocenters. The molecule has 4 rings (SSSR count). The first kappa shape index (κ1) is 15.6. The Labute approximate surface area is 146 Å². The first-order valence-corrected chi connectivity index (χ1v) is 8.44. The van der Waals surface area contributed by atoms with Crippen LogP contribution in [0.3, 0.4) is 0 Å². The van der Waals surface area contributed by atoms with Crippen LogP contribution in [0.4, 0.5) is 0 Å². The lowest BCUT2D eigenvalue weighted by atomic mass is 10.1. The Morgan fingerprint density at radius 3 is 2.72 bits per heavy atom. The van der Waals surface area contributed by atoms with E-state index in [9.17, 15) is 4.79 Å². The maximum Gasteiger partial charge on any atom is 0.260 e. The van der Waals surface area contributed by atoms with E-state index in [1.54, 1.807) is 13.1 Å². The summed E-state index contributed by atoms with van der Waals surface area (Å²) >= 11 is 0. The summed E-state index contributed by atoms with van der Waals surface area (Å²) in [7, 11) is 1.94. The predicted octanol–water partition coefficient (Wildman–Crippen LogP) is 3.19. The van der Waals surface area contributed by atoms with Crippen molar-refractivity contribution in [2.75, 3.05) is 0 Å². The monoisotopic (exact) mass is 336 g/mol. The van der Waals surface area contributed by atoms with Crippen LogP contribution in [0, 0.1) is 6.92 Å². The summed E-state index contributed by atoms with van der Waals surface area (Å²) in [6.07, 6.45) is 5.71. The molecule has 0 spiro atoms. The second-order valence-corrected chi connectivity index (χ2v) is 6.45. The fraction of sp³-hybridized carbons (Fsp3) is 0.316. The number of imidazole rings is 1. The van der Waals surface area contributed by atoms with E-state index in [0.717, 1.165) is 24.2 Å². The Morgan fingerprint density at radius 1 is 1.32 bits per heavy atom. The molecule has 2 aromatic heterocycles. The molecule has 1 saturated carbocycles. The first-order chi connectivity index (χ1) is 12.1. The van der Waals surface area contributed by atoms with E-state index in [4.69, 9.17) is 4.52 Å². The number of carbonyl (C=O) groups is 1. The standard InChI is InChI=1S/C19H20N4O2/c1-13-17(18(21-25-13)14-6-4-3-5-7-14)19(24)23(15-8-9-15)12-16-20-10-11-22(16)2/h3-7,10-11,15H,8-9,12H2,1-2H3. The third kappa shape index (κ3) is 2.95. The average molecular weight is 336 g/mol. The van der Waals surface area contributed by atoms with Gasteiger partial charge in [0, 0.05) is 31.0 Å². The maximum absolute atomic E-state index is 13.3. The van der Waals surface area contributed by atoms with Crippen LogP contribution in [0.15, 0.2) is 47.2 Å². The Kier molecular flexibility index (Phi) is 3.87. The first-order valence-electron chi connectivity index (χ1n) is 8.44. The third-order valence-corrected chi connectivity index (χ3v) is 4.61. The smallest absolute Gasteiger partial charge is 0.260 e. The van der Waals surface area contributed by atoms with Crippen LogP contribution >= 0.6 is 0 Å². The molecule has 6 heteroatoms. The van der Waals surface area contributed by atoms with Crippen LogP contribution in [0.25, 0.3) is 11.3 Å². The molecule has 128 valence electrons. The normalized spacial score (nSPS) is 13.8. The summed E-state index contributed by atoms with van der Waals surface area (Å²) in [5.74, 6) is 1.38. The second-order valence-electron chi connectivity index (χ2n) is 6.45. The largest absolute Gasteiger partial charge is 0.360 e. The van der Waals surface area contributed by atoms with Crippen molar-refractivity contribution in [1.82, 2.24) is 19.6 Å². The quantitative estimate of drug-likeness (QED) is 0.718. The zero-order chi connectivity index (χ0) is 17.4. The second kappa shape index (κ2) is 6.20. The zero-order valence-electron chi connectivity index (χ0n) is 14.3. The Bertz CT molecular complexity index is 893. The molecule has 6 nitrogen and oxygen atoms in total. The van der Waals surface area contributed by atoms with Crippen molar-refractivity contribution in [3.8, 4) is 11.3 Å². The van der Waals surface area contributed by atoms with Crippen molar-refractivity contribution in [2.45, 2.75) is 32.4 Å². The number of hydrogen-bond donors (Lipinski definition) is 0. The highest BCUT2D eigenvalue weighted by atomic mass is 16.5. The topological polar surface area (TPSA) is 64.2 Å². The van der Waals surface area contributed by atoms with Gasteiger partial charge in [0.05, 0.1) is 6.54 Å². The molecule has 0 saturated heterocycles. The van der Waals surface area contributed by atoms with Crippen LogP contribution in [0.2, 0.25) is 0 Å². The van der Waals surface area contributed by atoms with Crippen LogP contribution in [-0.2, 0) is 13.6 Å². The van der Waals surface area contributed by atoms with Crippen LogP contribution in [-0.4, -0.2) is 31.6 Å². The predicted molar refractivity (Wildman–Crippen MR) is 92.8 cm³/mol. The molecule has 1 aromatic carbocycles. The molecule has 0 atom stereocenters. The van der Waals surface area contributed by atoms with E-state index in [1.165, 1.54) is 0 Å². The molecular formula is C19H20N4O2. The molecule has 0 radical (unpaired) electrons. The van der Waals surface area contributed by atoms with E-state index in [-0.39, 0.29) is 11.9 Å². The van der Waals surface area contributed by atoms with E-state index < -0.39 is 0 Å². The highest BCUT2D eigenvalue weighted by Crippen LogP contribution is 2.33. The van der Waals surface area contributed by atoms with Gasteiger partial charge in [-0.25, -0.2) is 4.98 Å². The van der Waals surface area contributed by atoms with Gasteiger partial charge in [-0.15, -0.1) is 0 Å². The molecule has 2 heterocycles. The van der Waals surface area contributed by atoms with Crippen molar-refractivity contribution in [2.24, 2.45) is 7.05 Å². The van der Waals surface area contributed by atoms with Gasteiger partial charge in [-0.3, -0.25) is 4.79 Å². The SMILES string of the molecule is Cc1onc(-c2ccccc2)c1C(=O)N(Cc1nccn1C)C1CC1. The van der Waals surface area contributed by atoms with Crippen molar-refractivity contribution in [1.29, 1.82) is 0 Å². The summed E-state index contributed by atoms with van der Waals surface area (Å²) in [4.78, 5) is 19.6. The van der Waals surface area contributed by atoms with E-state index in [0.29, 0.717) is 23.6 Å². The zero-order valence-corrected chi connectivity index (χ0v) is 14.3. The molecule has 0 N–H and O–H groups in total.